The number of halogens is 2. The maximum Gasteiger partial charge on any atom is 0.258 e. The number of primary amides is 1. The molecule has 0 fully saturated rings. The van der Waals surface area contributed by atoms with Gasteiger partial charge in [-0.2, -0.15) is 0 Å². The third kappa shape index (κ3) is 3.07. The molecule has 0 radical (unpaired) electrons. The molecule has 0 aliphatic carbocycles. The minimum absolute atomic E-state index is 0.0761. The Morgan fingerprint density at radius 3 is 2.60 bits per heavy atom. The van der Waals surface area contributed by atoms with Crippen molar-refractivity contribution in [2.24, 2.45) is 5.73 Å². The second-order valence-electron chi connectivity index (χ2n) is 3.85. The van der Waals surface area contributed by atoms with Gasteiger partial charge in [-0.25, -0.2) is 4.98 Å². The Morgan fingerprint density at radius 2 is 1.95 bits per heavy atom. The first-order chi connectivity index (χ1) is 9.49. The van der Waals surface area contributed by atoms with Crippen LogP contribution in [0.5, 0.6) is 0 Å². The molecule has 7 heteroatoms. The van der Waals surface area contributed by atoms with Gasteiger partial charge in [0.25, 0.3) is 5.91 Å². The van der Waals surface area contributed by atoms with E-state index in [0.717, 1.165) is 0 Å². The molecule has 1 aromatic carbocycles. The van der Waals surface area contributed by atoms with Crippen LogP contribution in [0.15, 0.2) is 36.5 Å². The van der Waals surface area contributed by atoms with Crippen molar-refractivity contribution in [1.82, 2.24) is 4.98 Å². The molecule has 1 heterocycles. The van der Waals surface area contributed by atoms with Crippen LogP contribution in [0.25, 0.3) is 0 Å². The van der Waals surface area contributed by atoms with Crippen LogP contribution >= 0.6 is 23.2 Å². The first-order valence-corrected chi connectivity index (χ1v) is 6.26. The Kier molecular flexibility index (Phi) is 4.22. The number of nitrogens with one attached hydrogen (secondary N) is 1. The third-order valence-electron chi connectivity index (χ3n) is 2.50. The van der Waals surface area contributed by atoms with Gasteiger partial charge < -0.3 is 11.1 Å². The van der Waals surface area contributed by atoms with Gasteiger partial charge in [0.2, 0.25) is 5.91 Å². The van der Waals surface area contributed by atoms with Gasteiger partial charge in [0.1, 0.15) is 5.15 Å². The molecule has 0 bridgehead atoms. The zero-order valence-corrected chi connectivity index (χ0v) is 11.6. The van der Waals surface area contributed by atoms with Crippen LogP contribution in [0, 0.1) is 0 Å². The molecule has 2 aromatic rings. The first kappa shape index (κ1) is 14.3. The van der Waals surface area contributed by atoms with Crippen molar-refractivity contribution in [3.05, 3.63) is 57.8 Å². The lowest BCUT2D eigenvalue weighted by molar-refractivity contribution is 0.0996. The number of amides is 2. The number of nitrogens with zero attached hydrogens (tertiary/aromatic N) is 1. The van der Waals surface area contributed by atoms with E-state index < -0.39 is 11.8 Å². The predicted octanol–water partition coefficient (Wildman–Crippen LogP) is 2.74. The summed E-state index contributed by atoms with van der Waals surface area (Å²) in [5.74, 6) is -1.09. The van der Waals surface area contributed by atoms with Gasteiger partial charge in [-0.1, -0.05) is 23.2 Å². The lowest BCUT2D eigenvalue weighted by Gasteiger charge is -2.09. The number of anilines is 1. The van der Waals surface area contributed by atoms with E-state index in [1.54, 1.807) is 6.07 Å². The number of hydrogen-bond donors (Lipinski definition) is 2. The molecule has 0 atom stereocenters. The van der Waals surface area contributed by atoms with Crippen molar-refractivity contribution < 1.29 is 9.59 Å². The molecule has 0 spiro atoms. The van der Waals surface area contributed by atoms with Crippen LogP contribution < -0.4 is 11.1 Å². The summed E-state index contributed by atoms with van der Waals surface area (Å²) in [6, 6.07) is 7.45. The fourth-order valence-corrected chi connectivity index (χ4v) is 1.89. The van der Waals surface area contributed by atoms with Gasteiger partial charge in [0, 0.05) is 11.8 Å². The van der Waals surface area contributed by atoms with E-state index in [-0.39, 0.29) is 27.0 Å². The van der Waals surface area contributed by atoms with Gasteiger partial charge in [-0.3, -0.25) is 9.59 Å². The predicted molar refractivity (Wildman–Crippen MR) is 77.2 cm³/mol. The van der Waals surface area contributed by atoms with Crippen molar-refractivity contribution in [3.63, 3.8) is 0 Å². The number of rotatable bonds is 3. The zero-order valence-electron chi connectivity index (χ0n) is 10.1. The number of carbonyl (C=O) groups is 2. The number of nitrogens with two attached hydrogens (primary N) is 1. The van der Waals surface area contributed by atoms with Crippen molar-refractivity contribution in [2.75, 3.05) is 5.32 Å². The lowest BCUT2D eigenvalue weighted by atomic mass is 10.2. The van der Waals surface area contributed by atoms with E-state index >= 15 is 0 Å². The van der Waals surface area contributed by atoms with Crippen LogP contribution in [0.2, 0.25) is 10.2 Å². The summed E-state index contributed by atoms with van der Waals surface area (Å²) in [6.07, 6.45) is 1.47. The summed E-state index contributed by atoms with van der Waals surface area (Å²) in [7, 11) is 0. The van der Waals surface area contributed by atoms with Crippen molar-refractivity contribution in [1.29, 1.82) is 0 Å². The standard InChI is InChI=1S/C13H9Cl2N3O2/c14-9-4-3-7(12(16)19)6-10(9)18-13(20)8-2-1-5-17-11(8)15/h1-6H,(H2,16,19)(H,18,20). The summed E-state index contributed by atoms with van der Waals surface area (Å²) < 4.78 is 0. The molecule has 0 unspecified atom stereocenters. The van der Waals surface area contributed by atoms with E-state index in [1.165, 1.54) is 30.5 Å². The molecule has 102 valence electrons. The van der Waals surface area contributed by atoms with Crippen molar-refractivity contribution >= 4 is 40.7 Å². The second-order valence-corrected chi connectivity index (χ2v) is 4.62. The number of pyridine rings is 1. The molecule has 3 N–H and O–H groups in total. The average molecular weight is 310 g/mol. The lowest BCUT2D eigenvalue weighted by Crippen LogP contribution is -2.15. The molecule has 2 amide bonds. The maximum absolute atomic E-state index is 12.1. The largest absolute Gasteiger partial charge is 0.366 e. The summed E-state index contributed by atoms with van der Waals surface area (Å²) in [5.41, 5.74) is 5.89. The molecule has 0 aliphatic heterocycles. The molecule has 0 saturated heterocycles. The highest BCUT2D eigenvalue weighted by Gasteiger charge is 2.13. The Hall–Kier alpha value is -2.11. The molecule has 20 heavy (non-hydrogen) atoms. The fraction of sp³-hybridized carbons (Fsp3) is 0. The second kappa shape index (κ2) is 5.90. The van der Waals surface area contributed by atoms with E-state index in [0.29, 0.717) is 0 Å². The number of hydrogen-bond acceptors (Lipinski definition) is 3. The van der Waals surface area contributed by atoms with E-state index in [4.69, 9.17) is 28.9 Å². The van der Waals surface area contributed by atoms with Gasteiger partial charge in [-0.15, -0.1) is 0 Å². The molecule has 0 aliphatic rings. The SMILES string of the molecule is NC(=O)c1ccc(Cl)c(NC(=O)c2cccnc2Cl)c1. The van der Waals surface area contributed by atoms with Crippen LogP contribution in [0.3, 0.4) is 0 Å². The molecule has 1 aromatic heterocycles. The van der Waals surface area contributed by atoms with Gasteiger partial charge in [0.05, 0.1) is 16.3 Å². The highest BCUT2D eigenvalue weighted by atomic mass is 35.5. The van der Waals surface area contributed by atoms with E-state index in [1.807, 2.05) is 0 Å². The van der Waals surface area contributed by atoms with Gasteiger partial charge in [-0.05, 0) is 30.3 Å². The third-order valence-corrected chi connectivity index (χ3v) is 3.13. The quantitative estimate of drug-likeness (QED) is 0.855. The molecular weight excluding hydrogens is 301 g/mol. The van der Waals surface area contributed by atoms with Crippen molar-refractivity contribution in [2.45, 2.75) is 0 Å². The molecule has 5 nitrogen and oxygen atoms in total. The number of benzene rings is 1. The maximum atomic E-state index is 12.1. The van der Waals surface area contributed by atoms with E-state index in [9.17, 15) is 9.59 Å². The Bertz CT molecular complexity index is 689. The van der Waals surface area contributed by atoms with Crippen LogP contribution in [0.4, 0.5) is 5.69 Å². The minimum atomic E-state index is -0.614. The molecule has 0 saturated carbocycles. The van der Waals surface area contributed by atoms with Gasteiger partial charge >= 0.3 is 0 Å². The summed E-state index contributed by atoms with van der Waals surface area (Å²) in [6.45, 7) is 0. The van der Waals surface area contributed by atoms with Gasteiger partial charge in [0.15, 0.2) is 0 Å². The topological polar surface area (TPSA) is 85.1 Å². The summed E-state index contributed by atoms with van der Waals surface area (Å²) >= 11 is 11.8. The summed E-state index contributed by atoms with van der Waals surface area (Å²) in [4.78, 5) is 27.0. The minimum Gasteiger partial charge on any atom is -0.366 e. The molecule has 2 rings (SSSR count). The Morgan fingerprint density at radius 1 is 1.20 bits per heavy atom. The van der Waals surface area contributed by atoms with Crippen LogP contribution in [-0.2, 0) is 0 Å². The van der Waals surface area contributed by atoms with Crippen LogP contribution in [-0.4, -0.2) is 16.8 Å². The summed E-state index contributed by atoms with van der Waals surface area (Å²) in [5, 5.41) is 2.92. The zero-order chi connectivity index (χ0) is 14.7. The highest BCUT2D eigenvalue weighted by Crippen LogP contribution is 2.24. The Labute approximate surface area is 124 Å². The fourth-order valence-electron chi connectivity index (χ4n) is 1.52. The highest BCUT2D eigenvalue weighted by molar-refractivity contribution is 6.35. The van der Waals surface area contributed by atoms with Crippen LogP contribution in [0.1, 0.15) is 20.7 Å². The number of aromatic nitrogens is 1. The normalized spacial score (nSPS) is 10.1. The molecular formula is C13H9Cl2N3O2. The van der Waals surface area contributed by atoms with Crippen molar-refractivity contribution in [3.8, 4) is 0 Å². The monoisotopic (exact) mass is 309 g/mol. The first-order valence-electron chi connectivity index (χ1n) is 5.50. The smallest absolute Gasteiger partial charge is 0.258 e. The Balaban J connectivity index is 2.30. The average Bonchev–Trinajstić information content (AvgIpc) is 2.41. The number of carbonyl (C=O) groups excluding carboxylic acids is 2. The van der Waals surface area contributed by atoms with E-state index in [2.05, 4.69) is 10.3 Å².